The Kier molecular flexibility index (Phi) is 8.56. The highest BCUT2D eigenvalue weighted by Gasteiger charge is 2.23. The van der Waals surface area contributed by atoms with E-state index in [9.17, 15) is 19.5 Å². The summed E-state index contributed by atoms with van der Waals surface area (Å²) in [5, 5.41) is 22.1. The van der Waals surface area contributed by atoms with Crippen LogP contribution in [0.15, 0.2) is 36.5 Å². The molecule has 2 aromatic rings. The molecule has 1 aromatic heterocycles. The van der Waals surface area contributed by atoms with E-state index in [0.717, 1.165) is 5.56 Å². The summed E-state index contributed by atoms with van der Waals surface area (Å²) in [5.74, 6) is -1.04. The first-order valence-electron chi connectivity index (χ1n) is 10.4. The van der Waals surface area contributed by atoms with Crippen LogP contribution in [0.25, 0.3) is 6.08 Å². The van der Waals surface area contributed by atoms with Crippen LogP contribution in [0.5, 0.6) is 5.75 Å². The summed E-state index contributed by atoms with van der Waals surface area (Å²) in [6, 6.07) is 6.26. The number of amides is 1. The van der Waals surface area contributed by atoms with Gasteiger partial charge in [0.25, 0.3) is 0 Å². The summed E-state index contributed by atoms with van der Waals surface area (Å²) in [5.41, 5.74) is 1.77. The molecule has 0 unspecified atom stereocenters. The fourth-order valence-electron chi connectivity index (χ4n) is 3.11. The number of ether oxygens (including phenoxy) is 1. The van der Waals surface area contributed by atoms with E-state index in [-0.39, 0.29) is 24.4 Å². The number of pyridine rings is 1. The molecule has 0 bridgehead atoms. The fraction of sp³-hybridized carbons (Fsp3) is 0.333. The first-order chi connectivity index (χ1) is 15.6. The van der Waals surface area contributed by atoms with Gasteiger partial charge in [0, 0.05) is 25.4 Å². The third-order valence-corrected chi connectivity index (χ3v) is 4.63. The lowest BCUT2D eigenvalue weighted by molar-refractivity contribution is -0.104. The van der Waals surface area contributed by atoms with Gasteiger partial charge in [0.05, 0.1) is 23.5 Å². The van der Waals surface area contributed by atoms with Crippen molar-refractivity contribution >= 4 is 30.1 Å². The number of phenolic OH excluding ortho intramolecular Hbond substituents is 1. The van der Waals surface area contributed by atoms with Crippen molar-refractivity contribution in [1.29, 1.82) is 0 Å². The zero-order valence-electron chi connectivity index (χ0n) is 19.2. The van der Waals surface area contributed by atoms with E-state index in [4.69, 9.17) is 9.84 Å². The highest BCUT2D eigenvalue weighted by molar-refractivity contribution is 5.87. The summed E-state index contributed by atoms with van der Waals surface area (Å²) in [4.78, 5) is 40.4. The summed E-state index contributed by atoms with van der Waals surface area (Å²) >= 11 is 0. The van der Waals surface area contributed by atoms with Gasteiger partial charge in [0.2, 0.25) is 0 Å². The van der Waals surface area contributed by atoms with Gasteiger partial charge in [-0.15, -0.1) is 0 Å². The van der Waals surface area contributed by atoms with E-state index in [1.54, 1.807) is 52.1 Å². The number of benzene rings is 1. The lowest BCUT2D eigenvalue weighted by Gasteiger charge is -2.27. The molecule has 9 heteroatoms. The Labute approximate surface area is 192 Å². The number of aromatic nitrogens is 1. The minimum atomic E-state index is -1.08. The Morgan fingerprint density at radius 1 is 1.21 bits per heavy atom. The van der Waals surface area contributed by atoms with E-state index < -0.39 is 17.7 Å². The maximum absolute atomic E-state index is 12.9. The molecule has 3 N–H and O–H groups in total. The van der Waals surface area contributed by atoms with Crippen molar-refractivity contribution in [3.05, 3.63) is 58.9 Å². The number of nitrogens with zero attached hydrogens (tertiary/aromatic N) is 2. The first-order valence-corrected chi connectivity index (χ1v) is 10.4. The molecule has 176 valence electrons. The van der Waals surface area contributed by atoms with E-state index in [0.29, 0.717) is 29.7 Å². The van der Waals surface area contributed by atoms with Gasteiger partial charge in [-0.2, -0.15) is 0 Å². The molecular formula is C24H29N3O6. The molecular weight excluding hydrogens is 426 g/mol. The van der Waals surface area contributed by atoms with E-state index >= 15 is 0 Å². The molecule has 0 spiro atoms. The van der Waals surface area contributed by atoms with Crippen molar-refractivity contribution in [3.8, 4) is 5.75 Å². The summed E-state index contributed by atoms with van der Waals surface area (Å²) in [7, 11) is 1.66. The third-order valence-electron chi connectivity index (χ3n) is 4.63. The molecule has 33 heavy (non-hydrogen) atoms. The predicted octanol–water partition coefficient (Wildman–Crippen LogP) is 3.72. The molecule has 0 aliphatic carbocycles. The van der Waals surface area contributed by atoms with Crippen LogP contribution in [0, 0.1) is 0 Å². The maximum Gasteiger partial charge on any atom is 0.410 e. The van der Waals surface area contributed by atoms with Crippen LogP contribution < -0.4 is 5.32 Å². The largest absolute Gasteiger partial charge is 0.506 e. The molecule has 0 saturated carbocycles. The number of phenols is 1. The van der Waals surface area contributed by atoms with Gasteiger partial charge in [0.1, 0.15) is 17.6 Å². The van der Waals surface area contributed by atoms with Crippen LogP contribution in [-0.4, -0.2) is 57.6 Å². The van der Waals surface area contributed by atoms with Crippen molar-refractivity contribution in [2.75, 3.05) is 18.9 Å². The highest BCUT2D eigenvalue weighted by atomic mass is 16.6. The Morgan fingerprint density at radius 3 is 2.48 bits per heavy atom. The minimum absolute atomic E-state index is 0.0403. The fourth-order valence-corrected chi connectivity index (χ4v) is 3.11. The van der Waals surface area contributed by atoms with Crippen molar-refractivity contribution in [1.82, 2.24) is 9.88 Å². The normalized spacial score (nSPS) is 11.3. The molecule has 0 atom stereocenters. The quantitative estimate of drug-likeness (QED) is 0.296. The van der Waals surface area contributed by atoms with Crippen LogP contribution in [-0.2, 0) is 22.5 Å². The predicted molar refractivity (Wildman–Crippen MR) is 124 cm³/mol. The van der Waals surface area contributed by atoms with Crippen molar-refractivity contribution in [2.24, 2.45) is 0 Å². The lowest BCUT2D eigenvalue weighted by atomic mass is 10.0. The zero-order valence-corrected chi connectivity index (χ0v) is 19.2. The van der Waals surface area contributed by atoms with Gasteiger partial charge in [0.15, 0.2) is 0 Å². The Hall–Kier alpha value is -3.88. The van der Waals surface area contributed by atoms with Crippen LogP contribution in [0.3, 0.4) is 0 Å². The second-order valence-corrected chi connectivity index (χ2v) is 8.27. The van der Waals surface area contributed by atoms with Gasteiger partial charge in [-0.1, -0.05) is 6.07 Å². The number of aldehydes is 1. The second kappa shape index (κ2) is 11.1. The SMILES string of the molecule is CNc1c(O)ccc(CCN(Cc2ccc(C(=O)O)cn2)C(=O)OC(C)(C)C)c1/C=C\C=O. The molecule has 9 nitrogen and oxygen atoms in total. The van der Waals surface area contributed by atoms with Crippen molar-refractivity contribution in [2.45, 2.75) is 39.3 Å². The molecule has 0 saturated heterocycles. The van der Waals surface area contributed by atoms with Gasteiger partial charge >= 0.3 is 12.1 Å². The van der Waals surface area contributed by atoms with Crippen molar-refractivity contribution < 1.29 is 29.3 Å². The van der Waals surface area contributed by atoms with Crippen LogP contribution >= 0.6 is 0 Å². The number of nitrogens with one attached hydrogen (secondary N) is 1. The smallest absolute Gasteiger partial charge is 0.410 e. The van der Waals surface area contributed by atoms with E-state index in [2.05, 4.69) is 10.3 Å². The average Bonchev–Trinajstić information content (AvgIpc) is 2.75. The summed E-state index contributed by atoms with van der Waals surface area (Å²) in [6.07, 6.45) is 4.68. The highest BCUT2D eigenvalue weighted by Crippen LogP contribution is 2.31. The molecule has 1 amide bonds. The van der Waals surface area contributed by atoms with E-state index in [1.807, 2.05) is 0 Å². The molecule has 1 aromatic carbocycles. The second-order valence-electron chi connectivity index (χ2n) is 8.27. The maximum atomic E-state index is 12.9. The van der Waals surface area contributed by atoms with Gasteiger partial charge in [-0.25, -0.2) is 9.59 Å². The Balaban J connectivity index is 2.31. The monoisotopic (exact) mass is 455 g/mol. The number of aromatic carboxylic acids is 1. The number of carbonyl (C=O) groups excluding carboxylic acids is 2. The summed E-state index contributed by atoms with van der Waals surface area (Å²) < 4.78 is 5.53. The third kappa shape index (κ3) is 7.34. The number of hydrogen-bond donors (Lipinski definition) is 3. The molecule has 0 fully saturated rings. The van der Waals surface area contributed by atoms with E-state index in [1.165, 1.54) is 23.2 Å². The standard InChI is InChI=1S/C24H29N3O6/c1-24(2,3)33-23(32)27(15-18-9-7-17(14-26-18)22(30)31)12-11-16-8-10-20(29)21(25-4)19(16)6-5-13-28/h5-10,13-14,25,29H,11-12,15H2,1-4H3,(H,30,31)/b6-5-. The molecule has 2 rings (SSSR count). The number of aromatic hydroxyl groups is 1. The first kappa shape index (κ1) is 25.4. The zero-order chi connectivity index (χ0) is 24.6. The van der Waals surface area contributed by atoms with Gasteiger partial charge in [-0.3, -0.25) is 9.78 Å². The Bertz CT molecular complexity index is 1030. The molecule has 1 heterocycles. The number of carboxylic acid groups (broad SMARTS) is 1. The number of hydrogen-bond acceptors (Lipinski definition) is 7. The van der Waals surface area contributed by atoms with Crippen LogP contribution in [0.1, 0.15) is 48.0 Å². The van der Waals surface area contributed by atoms with Crippen molar-refractivity contribution in [3.63, 3.8) is 0 Å². The topological polar surface area (TPSA) is 129 Å². The summed E-state index contributed by atoms with van der Waals surface area (Å²) in [6.45, 7) is 5.68. The number of carbonyl (C=O) groups is 3. The van der Waals surface area contributed by atoms with Gasteiger partial charge in [-0.05, 0) is 63.1 Å². The number of allylic oxidation sites excluding steroid dienone is 1. The van der Waals surface area contributed by atoms with Gasteiger partial charge < -0.3 is 25.2 Å². The molecule has 0 aliphatic rings. The molecule has 0 radical (unpaired) electrons. The number of anilines is 1. The molecule has 0 aliphatic heterocycles. The minimum Gasteiger partial charge on any atom is -0.506 e. The number of rotatable bonds is 9. The van der Waals surface area contributed by atoms with Crippen LogP contribution in [0.4, 0.5) is 10.5 Å². The van der Waals surface area contributed by atoms with Crippen LogP contribution in [0.2, 0.25) is 0 Å². The average molecular weight is 456 g/mol. The number of carboxylic acids is 1. The lowest BCUT2D eigenvalue weighted by Crippen LogP contribution is -2.38. The Morgan fingerprint density at radius 2 is 1.94 bits per heavy atom.